The van der Waals surface area contributed by atoms with Gasteiger partial charge in [-0.1, -0.05) is 29.8 Å². The van der Waals surface area contributed by atoms with Crippen molar-refractivity contribution < 1.29 is 14.3 Å². The lowest BCUT2D eigenvalue weighted by atomic mass is 10.1. The molecule has 1 aromatic heterocycles. The maximum absolute atomic E-state index is 12.2. The Bertz CT molecular complexity index is 1010. The number of fused-ring (bicyclic) bond motifs is 1. The number of hydrogen-bond acceptors (Lipinski definition) is 5. The fourth-order valence-electron chi connectivity index (χ4n) is 2.53. The van der Waals surface area contributed by atoms with Crippen molar-refractivity contribution in [3.8, 4) is 5.75 Å². The van der Waals surface area contributed by atoms with E-state index in [-0.39, 0.29) is 24.5 Å². The van der Waals surface area contributed by atoms with Gasteiger partial charge in [0.25, 0.3) is 0 Å². The number of carbonyl (C=O) groups is 2. The molecule has 0 aliphatic carbocycles. The number of halogens is 1. The lowest BCUT2D eigenvalue weighted by Gasteiger charge is -2.05. The number of amides is 1. The molecule has 0 radical (unpaired) electrons. The van der Waals surface area contributed by atoms with Crippen LogP contribution < -0.4 is 10.2 Å². The number of methoxy groups -OCH3 is 1. The van der Waals surface area contributed by atoms with E-state index in [1.807, 2.05) is 29.6 Å². The van der Waals surface area contributed by atoms with Gasteiger partial charge in [-0.3, -0.25) is 9.59 Å². The van der Waals surface area contributed by atoms with Crippen LogP contribution in [0, 0.1) is 0 Å². The minimum Gasteiger partial charge on any atom is -0.495 e. The molecule has 3 rings (SSSR count). The predicted octanol–water partition coefficient (Wildman–Crippen LogP) is 4.68. The van der Waals surface area contributed by atoms with Crippen molar-refractivity contribution >= 4 is 50.9 Å². The molecule has 0 bridgehead atoms. The first-order chi connectivity index (χ1) is 13.1. The van der Waals surface area contributed by atoms with Crippen molar-refractivity contribution in [1.29, 1.82) is 0 Å². The normalized spacial score (nSPS) is 11.0. The van der Waals surface area contributed by atoms with Crippen LogP contribution >= 0.6 is 22.9 Å². The molecule has 0 spiro atoms. The van der Waals surface area contributed by atoms with Gasteiger partial charge in [0.05, 0.1) is 18.3 Å². The number of ketones is 1. The number of hydrazone groups is 1. The van der Waals surface area contributed by atoms with E-state index in [1.54, 1.807) is 35.8 Å². The second-order valence-corrected chi connectivity index (χ2v) is 7.07. The summed E-state index contributed by atoms with van der Waals surface area (Å²) < 4.78 is 6.26. The van der Waals surface area contributed by atoms with Crippen molar-refractivity contribution in [3.63, 3.8) is 0 Å². The van der Waals surface area contributed by atoms with Crippen LogP contribution in [-0.2, 0) is 4.79 Å². The smallest absolute Gasteiger partial charge is 0.240 e. The van der Waals surface area contributed by atoms with Gasteiger partial charge in [-0.15, -0.1) is 11.3 Å². The van der Waals surface area contributed by atoms with E-state index in [2.05, 4.69) is 10.5 Å². The highest BCUT2D eigenvalue weighted by molar-refractivity contribution is 7.17. The van der Waals surface area contributed by atoms with Crippen molar-refractivity contribution in [2.24, 2.45) is 5.10 Å². The number of hydrogen-bond donors (Lipinski definition) is 1. The fraction of sp³-hybridized carbons (Fsp3) is 0.150. The van der Waals surface area contributed by atoms with Gasteiger partial charge in [-0.25, -0.2) is 5.43 Å². The first-order valence-electron chi connectivity index (χ1n) is 8.23. The zero-order valence-electron chi connectivity index (χ0n) is 14.6. The topological polar surface area (TPSA) is 67.8 Å². The number of Topliss-reactive ketones (excluding diaryl/α,β-unsaturated/α-hetero) is 1. The second kappa shape index (κ2) is 8.79. The molecule has 3 aromatic rings. The van der Waals surface area contributed by atoms with E-state index in [0.29, 0.717) is 16.3 Å². The molecule has 5 nitrogen and oxygen atoms in total. The summed E-state index contributed by atoms with van der Waals surface area (Å²) in [7, 11) is 1.48. The van der Waals surface area contributed by atoms with Crippen LogP contribution in [0.3, 0.4) is 0 Å². The molecule has 27 heavy (non-hydrogen) atoms. The van der Waals surface area contributed by atoms with Crippen LogP contribution in [-0.4, -0.2) is 25.0 Å². The van der Waals surface area contributed by atoms with E-state index < -0.39 is 0 Å². The summed E-state index contributed by atoms with van der Waals surface area (Å²) in [5, 5.41) is 7.49. The third kappa shape index (κ3) is 4.72. The van der Waals surface area contributed by atoms with Crippen LogP contribution in [0.2, 0.25) is 5.02 Å². The van der Waals surface area contributed by atoms with E-state index >= 15 is 0 Å². The van der Waals surface area contributed by atoms with E-state index in [9.17, 15) is 9.59 Å². The minimum atomic E-state index is -0.319. The molecule has 0 unspecified atom stereocenters. The number of benzene rings is 2. The Morgan fingerprint density at radius 2 is 2.04 bits per heavy atom. The van der Waals surface area contributed by atoms with Crippen molar-refractivity contribution in [2.45, 2.75) is 12.8 Å². The second-order valence-electron chi connectivity index (χ2n) is 5.75. The standard InChI is InChI=1S/C20H17ClN2O3S/c1-26-18-10-13(6-7-16(18)21)17(24)8-9-20(25)23-22-11-14-12-27-19-5-3-2-4-15(14)19/h2-7,10-12H,8-9H2,1H3,(H,23,25)/b22-11+. The monoisotopic (exact) mass is 400 g/mol. The van der Waals surface area contributed by atoms with Crippen LogP contribution in [0.25, 0.3) is 10.1 Å². The first kappa shape index (κ1) is 19.1. The Balaban J connectivity index is 1.53. The quantitative estimate of drug-likeness (QED) is 0.356. The number of nitrogens with zero attached hydrogens (tertiary/aromatic N) is 1. The number of nitrogens with one attached hydrogen (secondary N) is 1. The van der Waals surface area contributed by atoms with Crippen molar-refractivity contribution in [2.75, 3.05) is 7.11 Å². The maximum Gasteiger partial charge on any atom is 0.240 e. The SMILES string of the molecule is COc1cc(C(=O)CCC(=O)N/N=C/c2csc3ccccc23)ccc1Cl. The first-order valence-corrected chi connectivity index (χ1v) is 9.49. The van der Waals surface area contributed by atoms with Gasteiger partial charge >= 0.3 is 0 Å². The molecular weight excluding hydrogens is 384 g/mol. The largest absolute Gasteiger partial charge is 0.495 e. The maximum atomic E-state index is 12.2. The van der Waals surface area contributed by atoms with Crippen molar-refractivity contribution in [3.05, 3.63) is 64.0 Å². The average Bonchev–Trinajstić information content (AvgIpc) is 3.10. The Morgan fingerprint density at radius 3 is 2.85 bits per heavy atom. The summed E-state index contributed by atoms with van der Waals surface area (Å²) >= 11 is 7.57. The van der Waals surface area contributed by atoms with Gasteiger partial charge in [-0.05, 0) is 24.3 Å². The molecule has 2 aromatic carbocycles. The molecule has 7 heteroatoms. The van der Waals surface area contributed by atoms with E-state index in [0.717, 1.165) is 15.6 Å². The molecule has 1 heterocycles. The number of carbonyl (C=O) groups excluding carboxylic acids is 2. The summed E-state index contributed by atoms with van der Waals surface area (Å²) in [4.78, 5) is 24.1. The third-order valence-electron chi connectivity index (χ3n) is 3.96. The van der Waals surface area contributed by atoms with Gasteiger partial charge in [-0.2, -0.15) is 5.10 Å². The summed E-state index contributed by atoms with van der Waals surface area (Å²) in [6.07, 6.45) is 1.74. The highest BCUT2D eigenvalue weighted by atomic mass is 35.5. The van der Waals surface area contributed by atoms with Crippen LogP contribution in [0.1, 0.15) is 28.8 Å². The molecule has 0 atom stereocenters. The van der Waals surface area contributed by atoms with Crippen LogP contribution in [0.5, 0.6) is 5.75 Å². The molecule has 1 amide bonds. The van der Waals surface area contributed by atoms with Crippen molar-refractivity contribution in [1.82, 2.24) is 5.43 Å². The summed E-state index contributed by atoms with van der Waals surface area (Å²) in [5.74, 6) is -0.0486. The van der Waals surface area contributed by atoms with E-state index in [4.69, 9.17) is 16.3 Å². The Hall–Kier alpha value is -2.70. The molecule has 138 valence electrons. The molecule has 0 saturated carbocycles. The molecule has 0 fully saturated rings. The summed E-state index contributed by atoms with van der Waals surface area (Å²) in [6, 6.07) is 12.8. The predicted molar refractivity (Wildman–Crippen MR) is 109 cm³/mol. The van der Waals surface area contributed by atoms with Gasteiger partial charge in [0.15, 0.2) is 5.78 Å². The molecule has 1 N–H and O–H groups in total. The summed E-state index contributed by atoms with van der Waals surface area (Å²) in [6.45, 7) is 0. The Labute approximate surface area is 165 Å². The molecule has 0 aliphatic heterocycles. The zero-order chi connectivity index (χ0) is 19.2. The lowest BCUT2D eigenvalue weighted by molar-refractivity contribution is -0.121. The van der Waals surface area contributed by atoms with Crippen LogP contribution in [0.4, 0.5) is 0 Å². The van der Waals surface area contributed by atoms with Gasteiger partial charge in [0.2, 0.25) is 5.91 Å². The van der Waals surface area contributed by atoms with Gasteiger partial charge in [0, 0.05) is 39.4 Å². The van der Waals surface area contributed by atoms with Gasteiger partial charge in [0.1, 0.15) is 5.75 Å². The average molecular weight is 401 g/mol. The highest BCUT2D eigenvalue weighted by Crippen LogP contribution is 2.26. The Morgan fingerprint density at radius 1 is 1.22 bits per heavy atom. The van der Waals surface area contributed by atoms with E-state index in [1.165, 1.54) is 7.11 Å². The molecule has 0 saturated heterocycles. The molecular formula is C20H17ClN2O3S. The Kier molecular flexibility index (Phi) is 6.21. The summed E-state index contributed by atoms with van der Waals surface area (Å²) in [5.41, 5.74) is 3.86. The zero-order valence-corrected chi connectivity index (χ0v) is 16.1. The fourth-order valence-corrected chi connectivity index (χ4v) is 3.64. The number of thiophene rings is 1. The lowest BCUT2D eigenvalue weighted by Crippen LogP contribution is -2.18. The minimum absolute atomic E-state index is 0.0471. The van der Waals surface area contributed by atoms with Gasteiger partial charge < -0.3 is 4.74 Å². The highest BCUT2D eigenvalue weighted by Gasteiger charge is 2.11. The molecule has 0 aliphatic rings. The van der Waals surface area contributed by atoms with Crippen LogP contribution in [0.15, 0.2) is 52.9 Å². The third-order valence-corrected chi connectivity index (χ3v) is 5.25. The number of rotatable bonds is 7. The number of ether oxygens (including phenoxy) is 1.